The number of aromatic nitrogens is 1. The molecule has 0 saturated carbocycles. The van der Waals surface area contributed by atoms with Crippen molar-refractivity contribution in [1.82, 2.24) is 15.2 Å². The Morgan fingerprint density at radius 3 is 2.80 bits per heavy atom. The van der Waals surface area contributed by atoms with Crippen molar-refractivity contribution < 1.29 is 4.79 Å². The lowest BCUT2D eigenvalue weighted by Crippen LogP contribution is -2.36. The third kappa shape index (κ3) is 2.99. The molecule has 2 N–H and O–H groups in total. The van der Waals surface area contributed by atoms with Gasteiger partial charge in [0.25, 0.3) is 5.56 Å². The SMILES string of the molecule is Cc1cccc2cc(CCNC(=O)N(C)C)c(=O)[nH]c12. The van der Waals surface area contributed by atoms with E-state index in [0.717, 1.165) is 16.5 Å². The second-order valence-corrected chi connectivity index (χ2v) is 5.04. The fraction of sp³-hybridized carbons (Fsp3) is 0.333. The van der Waals surface area contributed by atoms with Gasteiger partial charge in [-0.2, -0.15) is 0 Å². The summed E-state index contributed by atoms with van der Waals surface area (Å²) in [6.07, 6.45) is 0.513. The highest BCUT2D eigenvalue weighted by molar-refractivity contribution is 5.81. The Balaban J connectivity index is 2.17. The van der Waals surface area contributed by atoms with Gasteiger partial charge in [0.1, 0.15) is 0 Å². The van der Waals surface area contributed by atoms with E-state index >= 15 is 0 Å². The number of rotatable bonds is 3. The molecule has 2 aromatic rings. The third-order valence-corrected chi connectivity index (χ3v) is 3.24. The molecule has 20 heavy (non-hydrogen) atoms. The zero-order valence-electron chi connectivity index (χ0n) is 12.0. The Labute approximate surface area is 117 Å². The summed E-state index contributed by atoms with van der Waals surface area (Å²) in [5, 5.41) is 3.76. The van der Waals surface area contributed by atoms with Crippen molar-refractivity contribution in [3.8, 4) is 0 Å². The molecular weight excluding hydrogens is 254 g/mol. The van der Waals surface area contributed by atoms with E-state index in [1.54, 1.807) is 14.1 Å². The van der Waals surface area contributed by atoms with E-state index in [-0.39, 0.29) is 11.6 Å². The van der Waals surface area contributed by atoms with E-state index in [2.05, 4.69) is 10.3 Å². The average molecular weight is 273 g/mol. The smallest absolute Gasteiger partial charge is 0.316 e. The van der Waals surface area contributed by atoms with Crippen LogP contribution in [0.25, 0.3) is 10.9 Å². The summed E-state index contributed by atoms with van der Waals surface area (Å²) in [5.41, 5.74) is 2.51. The summed E-state index contributed by atoms with van der Waals surface area (Å²) in [5.74, 6) is 0. The number of hydrogen-bond acceptors (Lipinski definition) is 2. The summed E-state index contributed by atoms with van der Waals surface area (Å²) in [7, 11) is 3.36. The average Bonchev–Trinajstić information content (AvgIpc) is 2.40. The van der Waals surface area contributed by atoms with Crippen molar-refractivity contribution in [3.05, 3.63) is 45.7 Å². The number of aryl methyl sites for hydroxylation is 1. The van der Waals surface area contributed by atoms with Crippen molar-refractivity contribution >= 4 is 16.9 Å². The number of pyridine rings is 1. The number of amides is 2. The number of nitrogens with zero attached hydrogens (tertiary/aromatic N) is 1. The van der Waals surface area contributed by atoms with Crippen molar-refractivity contribution in [2.24, 2.45) is 0 Å². The quantitative estimate of drug-likeness (QED) is 0.893. The normalized spacial score (nSPS) is 10.6. The van der Waals surface area contributed by atoms with Crippen LogP contribution in [0.4, 0.5) is 4.79 Å². The number of fused-ring (bicyclic) bond motifs is 1. The van der Waals surface area contributed by atoms with Gasteiger partial charge in [0, 0.05) is 26.2 Å². The van der Waals surface area contributed by atoms with Gasteiger partial charge < -0.3 is 15.2 Å². The first kappa shape index (κ1) is 14.1. The molecule has 0 atom stereocenters. The maximum Gasteiger partial charge on any atom is 0.316 e. The summed E-state index contributed by atoms with van der Waals surface area (Å²) >= 11 is 0. The zero-order valence-corrected chi connectivity index (χ0v) is 12.0. The van der Waals surface area contributed by atoms with Crippen molar-refractivity contribution in [1.29, 1.82) is 0 Å². The molecule has 2 amide bonds. The second kappa shape index (κ2) is 5.77. The fourth-order valence-electron chi connectivity index (χ4n) is 2.08. The molecule has 0 aliphatic rings. The molecule has 1 heterocycles. The highest BCUT2D eigenvalue weighted by atomic mass is 16.2. The van der Waals surface area contributed by atoms with Crippen LogP contribution >= 0.6 is 0 Å². The standard InChI is InChI=1S/C15H19N3O2/c1-10-5-4-6-11-9-12(14(19)17-13(10)11)7-8-16-15(20)18(2)3/h4-6,9H,7-8H2,1-3H3,(H,16,20)(H,17,19). The molecule has 1 aromatic carbocycles. The Morgan fingerprint density at radius 2 is 2.10 bits per heavy atom. The van der Waals surface area contributed by atoms with Gasteiger partial charge in [-0.1, -0.05) is 18.2 Å². The topological polar surface area (TPSA) is 65.2 Å². The van der Waals surface area contributed by atoms with Crippen LogP contribution in [0.5, 0.6) is 0 Å². The first-order valence-electron chi connectivity index (χ1n) is 6.55. The van der Waals surface area contributed by atoms with Crippen molar-refractivity contribution in [3.63, 3.8) is 0 Å². The molecule has 106 valence electrons. The van der Waals surface area contributed by atoms with Crippen LogP contribution in [0.2, 0.25) is 0 Å². The fourth-order valence-corrected chi connectivity index (χ4v) is 2.08. The molecule has 0 aliphatic carbocycles. The van der Waals surface area contributed by atoms with Gasteiger partial charge in [0.15, 0.2) is 0 Å². The predicted molar refractivity (Wildman–Crippen MR) is 80.1 cm³/mol. The summed E-state index contributed by atoms with van der Waals surface area (Å²) in [4.78, 5) is 27.8. The Morgan fingerprint density at radius 1 is 1.35 bits per heavy atom. The van der Waals surface area contributed by atoms with Crippen LogP contribution in [0, 0.1) is 6.92 Å². The van der Waals surface area contributed by atoms with Crippen LogP contribution in [0.15, 0.2) is 29.1 Å². The maximum atomic E-state index is 12.0. The zero-order chi connectivity index (χ0) is 14.7. The minimum absolute atomic E-state index is 0.0918. The minimum Gasteiger partial charge on any atom is -0.338 e. The molecule has 0 bridgehead atoms. The molecule has 0 fully saturated rings. The summed E-state index contributed by atoms with van der Waals surface area (Å²) in [6, 6.07) is 7.64. The lowest BCUT2D eigenvalue weighted by molar-refractivity contribution is 0.217. The lowest BCUT2D eigenvalue weighted by atomic mass is 10.1. The van der Waals surface area contributed by atoms with Crippen LogP contribution < -0.4 is 10.9 Å². The second-order valence-electron chi connectivity index (χ2n) is 5.04. The highest BCUT2D eigenvalue weighted by Crippen LogP contribution is 2.14. The number of carbonyl (C=O) groups is 1. The molecule has 0 saturated heterocycles. The number of aromatic amines is 1. The monoisotopic (exact) mass is 273 g/mol. The number of H-pyrrole nitrogens is 1. The van der Waals surface area contributed by atoms with Crippen molar-refractivity contribution in [2.75, 3.05) is 20.6 Å². The van der Waals surface area contributed by atoms with Gasteiger partial charge in [-0.05, 0) is 30.4 Å². The number of urea groups is 1. The number of nitrogens with one attached hydrogen (secondary N) is 2. The van der Waals surface area contributed by atoms with E-state index < -0.39 is 0 Å². The first-order chi connectivity index (χ1) is 9.49. The molecular formula is C15H19N3O2. The predicted octanol–water partition coefficient (Wildman–Crippen LogP) is 1.65. The number of hydrogen-bond donors (Lipinski definition) is 2. The van der Waals surface area contributed by atoms with E-state index in [9.17, 15) is 9.59 Å². The van der Waals surface area contributed by atoms with Gasteiger partial charge in [0.2, 0.25) is 0 Å². The Kier molecular flexibility index (Phi) is 4.08. The Bertz CT molecular complexity index is 689. The van der Waals surface area contributed by atoms with E-state index in [4.69, 9.17) is 0 Å². The molecule has 0 aliphatic heterocycles. The largest absolute Gasteiger partial charge is 0.338 e. The van der Waals surface area contributed by atoms with Crippen molar-refractivity contribution in [2.45, 2.75) is 13.3 Å². The number of benzene rings is 1. The first-order valence-corrected chi connectivity index (χ1v) is 6.55. The minimum atomic E-state index is -0.155. The number of carbonyl (C=O) groups excluding carboxylic acids is 1. The van der Waals surface area contributed by atoms with Crippen LogP contribution in [-0.2, 0) is 6.42 Å². The van der Waals surface area contributed by atoms with Gasteiger partial charge in [-0.3, -0.25) is 4.79 Å². The van der Waals surface area contributed by atoms with Gasteiger partial charge >= 0.3 is 6.03 Å². The number of para-hydroxylation sites is 1. The summed E-state index contributed by atoms with van der Waals surface area (Å²) in [6.45, 7) is 2.41. The lowest BCUT2D eigenvalue weighted by Gasteiger charge is -2.11. The van der Waals surface area contributed by atoms with E-state index in [1.165, 1.54) is 4.90 Å². The molecule has 0 spiro atoms. The molecule has 0 unspecified atom stereocenters. The molecule has 0 radical (unpaired) electrons. The highest BCUT2D eigenvalue weighted by Gasteiger charge is 2.06. The molecule has 1 aromatic heterocycles. The molecule has 5 nitrogen and oxygen atoms in total. The van der Waals surface area contributed by atoms with Crippen LogP contribution in [-0.4, -0.2) is 36.6 Å². The molecule has 5 heteroatoms. The van der Waals surface area contributed by atoms with Gasteiger partial charge in [-0.25, -0.2) is 4.79 Å². The van der Waals surface area contributed by atoms with Crippen LogP contribution in [0.3, 0.4) is 0 Å². The van der Waals surface area contributed by atoms with E-state index in [1.807, 2.05) is 31.2 Å². The molecule has 2 rings (SSSR count). The van der Waals surface area contributed by atoms with E-state index in [0.29, 0.717) is 18.5 Å². The Hall–Kier alpha value is -2.30. The van der Waals surface area contributed by atoms with Gasteiger partial charge in [0.05, 0.1) is 5.52 Å². The maximum absolute atomic E-state index is 12.0. The third-order valence-electron chi connectivity index (χ3n) is 3.24. The van der Waals surface area contributed by atoms with Crippen LogP contribution in [0.1, 0.15) is 11.1 Å². The summed E-state index contributed by atoms with van der Waals surface area (Å²) < 4.78 is 0. The van der Waals surface area contributed by atoms with Gasteiger partial charge in [-0.15, -0.1) is 0 Å².